The average molecular weight is 374 g/mol. The summed E-state index contributed by atoms with van der Waals surface area (Å²) in [5, 5.41) is 8.91. The first-order chi connectivity index (χ1) is 11.6. The zero-order valence-electron chi connectivity index (χ0n) is 13.0. The van der Waals surface area contributed by atoms with Crippen LogP contribution < -0.4 is 4.74 Å². The van der Waals surface area contributed by atoms with Crippen LogP contribution >= 0.6 is 0 Å². The van der Waals surface area contributed by atoms with E-state index in [1.165, 1.54) is 18.2 Å². The van der Waals surface area contributed by atoms with E-state index in [9.17, 15) is 9.59 Å². The van der Waals surface area contributed by atoms with Gasteiger partial charge in [0, 0.05) is 17.1 Å². The summed E-state index contributed by atoms with van der Waals surface area (Å²) in [6.07, 6.45) is 1.64. The molecule has 4 nitrogen and oxygen atoms in total. The second kappa shape index (κ2) is 8.29. The molecule has 0 amide bonds. The fraction of sp³-hybridized carbons (Fsp3) is 0. The van der Waals surface area contributed by atoms with Gasteiger partial charge in [-0.05, 0) is 18.2 Å². The van der Waals surface area contributed by atoms with E-state index < -0.39 is 5.97 Å². The Labute approximate surface area is 155 Å². The molecule has 4 rings (SSSR count). The largest absolute Gasteiger partial charge is 0.748 e. The van der Waals surface area contributed by atoms with Crippen molar-refractivity contribution >= 4 is 17.8 Å². The molecule has 1 N–H and O–H groups in total. The Bertz CT molecular complexity index is 857. The molecule has 132 valence electrons. The van der Waals surface area contributed by atoms with Gasteiger partial charge in [0.2, 0.25) is 0 Å². The first-order valence-electron chi connectivity index (χ1n) is 7.35. The smallest absolute Gasteiger partial charge is 0.335 e. The van der Waals surface area contributed by atoms with Gasteiger partial charge in [-0.3, -0.25) is 4.79 Å². The Kier molecular flexibility index (Phi) is 6.12. The molecule has 5 heteroatoms. The monoisotopic (exact) mass is 374 g/mol. The number of carbonyl (C=O) groups is 2. The number of rotatable bonds is 2. The van der Waals surface area contributed by atoms with Gasteiger partial charge in [0.05, 0.1) is 11.1 Å². The average Bonchev–Trinajstić information content (AvgIpc) is 3.33. The van der Waals surface area contributed by atoms with E-state index in [1.807, 2.05) is 54.6 Å². The minimum atomic E-state index is -1.07. The van der Waals surface area contributed by atoms with E-state index in [0.29, 0.717) is 5.75 Å². The van der Waals surface area contributed by atoms with Crippen LogP contribution in [0.4, 0.5) is 0 Å². The number of Topliss-reactive ketones (excluding diaryl/α,β-unsaturated/α-hetero) is 1. The van der Waals surface area contributed by atoms with Crippen molar-refractivity contribution in [1.29, 1.82) is 0 Å². The molecule has 0 atom stereocenters. The molecule has 0 spiro atoms. The van der Waals surface area contributed by atoms with E-state index in [1.54, 1.807) is 6.08 Å². The Hall–Kier alpha value is -2.88. The fourth-order valence-electron chi connectivity index (χ4n) is 2.28. The molecule has 0 bridgehead atoms. The number of allylic oxidation sites excluding steroid dienone is 1. The number of aromatic carboxylic acids is 1. The van der Waals surface area contributed by atoms with Crippen LogP contribution in [-0.4, -0.2) is 16.9 Å². The van der Waals surface area contributed by atoms with Gasteiger partial charge in [-0.25, -0.2) is 4.79 Å². The molecule has 25 heavy (non-hydrogen) atoms. The summed E-state index contributed by atoms with van der Waals surface area (Å²) < 4.78 is 5.45. The van der Waals surface area contributed by atoms with Crippen LogP contribution in [0.3, 0.4) is 0 Å². The van der Waals surface area contributed by atoms with Crippen molar-refractivity contribution in [3.63, 3.8) is 0 Å². The summed E-state index contributed by atoms with van der Waals surface area (Å²) in [4.78, 5) is 23.0. The normalized spacial score (nSPS) is 13.3. The zero-order valence-corrected chi connectivity index (χ0v) is 14.1. The van der Waals surface area contributed by atoms with Gasteiger partial charge < -0.3 is 40.2 Å². The molecule has 0 unspecified atom stereocenters. The summed E-state index contributed by atoms with van der Waals surface area (Å²) in [5.74, 6) is -0.750. The van der Waals surface area contributed by atoms with Crippen LogP contribution in [0.2, 0.25) is 0 Å². The number of ketones is 1. The van der Waals surface area contributed by atoms with Crippen molar-refractivity contribution in [3.05, 3.63) is 95.2 Å². The van der Waals surface area contributed by atoms with Crippen molar-refractivity contribution in [2.24, 2.45) is 0 Å². The second-order valence-corrected chi connectivity index (χ2v) is 5.14. The Morgan fingerprint density at radius 2 is 1.68 bits per heavy atom. The topological polar surface area (TPSA) is 63.6 Å². The van der Waals surface area contributed by atoms with Gasteiger partial charge in [0.1, 0.15) is 11.5 Å². The SMILES string of the molecule is O=C(O)c1ccc2c(c1)C(=O)C(=C[c-]1cccc1)O2.[Fe].[cH-]1[cH-][cH-][cH-][cH-]1. The predicted molar refractivity (Wildman–Crippen MR) is 90.4 cm³/mol. The maximum atomic E-state index is 12.1. The van der Waals surface area contributed by atoms with Crippen LogP contribution in [0.15, 0.2) is 78.6 Å². The van der Waals surface area contributed by atoms with Gasteiger partial charge in [0.15, 0.2) is 5.78 Å². The molecular formula is C20H14FeO4-6. The van der Waals surface area contributed by atoms with Gasteiger partial charge in [0.25, 0.3) is 0 Å². The summed E-state index contributed by atoms with van der Waals surface area (Å²) in [7, 11) is 0. The minimum absolute atomic E-state index is 0. The van der Waals surface area contributed by atoms with Crippen molar-refractivity contribution in [1.82, 2.24) is 0 Å². The Morgan fingerprint density at radius 1 is 1.08 bits per heavy atom. The van der Waals surface area contributed by atoms with Crippen LogP contribution in [0, 0.1) is 0 Å². The van der Waals surface area contributed by atoms with Crippen molar-refractivity contribution in [2.75, 3.05) is 0 Å². The van der Waals surface area contributed by atoms with Crippen molar-refractivity contribution in [2.45, 2.75) is 0 Å². The quantitative estimate of drug-likeness (QED) is 0.416. The molecule has 0 saturated carbocycles. The molecule has 0 radical (unpaired) electrons. The Morgan fingerprint density at radius 3 is 2.24 bits per heavy atom. The first-order valence-corrected chi connectivity index (χ1v) is 7.35. The molecule has 1 heterocycles. The maximum absolute atomic E-state index is 12.1. The Balaban J connectivity index is 0.000000325. The van der Waals surface area contributed by atoms with Gasteiger partial charge >= 0.3 is 5.97 Å². The number of carboxylic acid groups (broad SMARTS) is 1. The summed E-state index contributed by atoms with van der Waals surface area (Å²) in [6, 6.07) is 21.7. The van der Waals surface area contributed by atoms with Crippen LogP contribution in [0.1, 0.15) is 26.3 Å². The fourth-order valence-corrected chi connectivity index (χ4v) is 2.28. The number of carbonyl (C=O) groups excluding carboxylic acids is 1. The third-order valence-electron chi connectivity index (χ3n) is 3.46. The molecule has 0 aromatic heterocycles. The van der Waals surface area contributed by atoms with Gasteiger partial charge in [-0.2, -0.15) is 12.1 Å². The molecule has 0 aliphatic carbocycles. The third-order valence-corrected chi connectivity index (χ3v) is 3.46. The number of hydrogen-bond donors (Lipinski definition) is 1. The zero-order chi connectivity index (χ0) is 16.9. The number of ether oxygens (including phenoxy) is 1. The molecule has 1 aliphatic rings. The molecule has 1 aliphatic heterocycles. The number of carboxylic acids is 1. The van der Waals surface area contributed by atoms with Crippen LogP contribution in [0.5, 0.6) is 5.75 Å². The van der Waals surface area contributed by atoms with E-state index in [0.717, 1.165) is 5.56 Å². The minimum Gasteiger partial charge on any atom is -0.748 e. The number of benzene rings is 1. The number of fused-ring (bicyclic) bond motifs is 1. The third kappa shape index (κ3) is 4.35. The molecule has 0 fully saturated rings. The van der Waals surface area contributed by atoms with E-state index in [2.05, 4.69) is 0 Å². The van der Waals surface area contributed by atoms with E-state index in [-0.39, 0.29) is 39.7 Å². The number of hydrogen-bond acceptors (Lipinski definition) is 3. The van der Waals surface area contributed by atoms with E-state index >= 15 is 0 Å². The van der Waals surface area contributed by atoms with E-state index in [4.69, 9.17) is 9.84 Å². The second-order valence-electron chi connectivity index (χ2n) is 5.14. The van der Waals surface area contributed by atoms with Crippen LogP contribution in [0.25, 0.3) is 6.08 Å². The molecule has 3 aromatic carbocycles. The standard InChI is InChI=1S/C15H9O4.C5H5.Fe/c16-14-11-8-10(15(17)18)5-6-12(11)19-13(14)7-9-3-1-2-4-9;1-2-4-5-3-1;/h1-8H,(H,17,18);1-5H;/q-1;-5;. The van der Waals surface area contributed by atoms with Gasteiger partial charge in [-0.1, -0.05) is 6.08 Å². The van der Waals surface area contributed by atoms with Crippen molar-refractivity contribution < 1.29 is 36.5 Å². The molecule has 3 aromatic rings. The van der Waals surface area contributed by atoms with Crippen LogP contribution in [-0.2, 0) is 17.1 Å². The maximum Gasteiger partial charge on any atom is 0.335 e. The molecule has 0 saturated heterocycles. The summed E-state index contributed by atoms with van der Waals surface area (Å²) >= 11 is 0. The first kappa shape index (κ1) is 18.5. The summed E-state index contributed by atoms with van der Waals surface area (Å²) in [6.45, 7) is 0. The summed E-state index contributed by atoms with van der Waals surface area (Å²) in [5.41, 5.74) is 1.23. The molecular weight excluding hydrogens is 360 g/mol. The van der Waals surface area contributed by atoms with Crippen molar-refractivity contribution in [3.8, 4) is 5.75 Å². The van der Waals surface area contributed by atoms with Gasteiger partial charge in [-0.15, -0.1) is 17.7 Å². The predicted octanol–water partition coefficient (Wildman–Crippen LogP) is 4.12.